The van der Waals surface area contributed by atoms with E-state index < -0.39 is 0 Å². The van der Waals surface area contributed by atoms with Gasteiger partial charge in [-0.2, -0.15) is 5.10 Å². The Morgan fingerprint density at radius 3 is 2.79 bits per heavy atom. The number of aryl methyl sites for hydroxylation is 2. The zero-order valence-corrected chi connectivity index (χ0v) is 11.2. The average molecular weight is 260 g/mol. The lowest BCUT2D eigenvalue weighted by Crippen LogP contribution is -2.18. The molecule has 100 valence electrons. The van der Waals surface area contributed by atoms with Gasteiger partial charge in [-0.3, -0.25) is 0 Å². The van der Waals surface area contributed by atoms with Gasteiger partial charge >= 0.3 is 0 Å². The molecule has 5 heteroatoms. The summed E-state index contributed by atoms with van der Waals surface area (Å²) in [5.41, 5.74) is 1.42. The van der Waals surface area contributed by atoms with Crippen molar-refractivity contribution in [1.29, 1.82) is 0 Å². The molecule has 1 heterocycles. The standard InChI is InChI=1S/C14H17FN4/c1-9-17-10(2)19(18-9)14-11(4-3-5-13(14)15)8-16-12-6-7-12/h3-5,12,16H,6-8H2,1-2H3. The molecule has 2 aromatic rings. The van der Waals surface area contributed by atoms with Gasteiger partial charge in [0.2, 0.25) is 0 Å². The molecule has 0 saturated heterocycles. The monoisotopic (exact) mass is 260 g/mol. The van der Waals surface area contributed by atoms with E-state index in [0.29, 0.717) is 29.9 Å². The molecule has 0 bridgehead atoms. The van der Waals surface area contributed by atoms with Crippen LogP contribution in [0, 0.1) is 19.7 Å². The largest absolute Gasteiger partial charge is 0.310 e. The van der Waals surface area contributed by atoms with E-state index in [4.69, 9.17) is 0 Å². The molecule has 0 amide bonds. The molecule has 0 radical (unpaired) electrons. The van der Waals surface area contributed by atoms with Crippen LogP contribution in [0.3, 0.4) is 0 Å². The first-order valence-electron chi connectivity index (χ1n) is 6.56. The Hall–Kier alpha value is -1.75. The van der Waals surface area contributed by atoms with Crippen molar-refractivity contribution in [2.24, 2.45) is 0 Å². The Balaban J connectivity index is 1.99. The number of benzene rings is 1. The highest BCUT2D eigenvalue weighted by Gasteiger charge is 2.21. The highest BCUT2D eigenvalue weighted by atomic mass is 19.1. The maximum atomic E-state index is 14.1. The van der Waals surface area contributed by atoms with Gasteiger partial charge < -0.3 is 5.32 Å². The number of hydrogen-bond acceptors (Lipinski definition) is 3. The van der Waals surface area contributed by atoms with Crippen molar-refractivity contribution in [3.63, 3.8) is 0 Å². The molecule has 0 unspecified atom stereocenters. The van der Waals surface area contributed by atoms with Crippen LogP contribution in [0.15, 0.2) is 18.2 Å². The summed E-state index contributed by atoms with van der Waals surface area (Å²) in [6.07, 6.45) is 2.43. The van der Waals surface area contributed by atoms with Crippen LogP contribution in [0.2, 0.25) is 0 Å². The molecule has 4 nitrogen and oxygen atoms in total. The maximum Gasteiger partial charge on any atom is 0.149 e. The van der Waals surface area contributed by atoms with Crippen LogP contribution in [0.4, 0.5) is 4.39 Å². The van der Waals surface area contributed by atoms with Crippen LogP contribution >= 0.6 is 0 Å². The lowest BCUT2D eigenvalue weighted by molar-refractivity contribution is 0.597. The smallest absolute Gasteiger partial charge is 0.149 e. The lowest BCUT2D eigenvalue weighted by atomic mass is 10.1. The highest BCUT2D eigenvalue weighted by Crippen LogP contribution is 2.23. The van der Waals surface area contributed by atoms with Gasteiger partial charge in [-0.05, 0) is 38.3 Å². The van der Waals surface area contributed by atoms with Crippen LogP contribution in [0.5, 0.6) is 0 Å². The van der Waals surface area contributed by atoms with E-state index in [1.807, 2.05) is 19.9 Å². The molecule has 1 aromatic carbocycles. The average Bonchev–Trinajstić information content (AvgIpc) is 3.12. The van der Waals surface area contributed by atoms with Crippen LogP contribution in [0.1, 0.15) is 30.1 Å². The van der Waals surface area contributed by atoms with Gasteiger partial charge in [0.05, 0.1) is 0 Å². The van der Waals surface area contributed by atoms with Crippen molar-refractivity contribution >= 4 is 0 Å². The van der Waals surface area contributed by atoms with Gasteiger partial charge in [-0.1, -0.05) is 12.1 Å². The molecule has 1 aliphatic rings. The van der Waals surface area contributed by atoms with Crippen LogP contribution < -0.4 is 5.32 Å². The fraction of sp³-hybridized carbons (Fsp3) is 0.429. The van der Waals surface area contributed by atoms with Crippen molar-refractivity contribution in [2.75, 3.05) is 0 Å². The van der Waals surface area contributed by atoms with E-state index in [1.165, 1.54) is 18.9 Å². The molecule has 0 aliphatic heterocycles. The summed E-state index contributed by atoms with van der Waals surface area (Å²) in [5, 5.41) is 7.69. The second kappa shape index (κ2) is 4.74. The summed E-state index contributed by atoms with van der Waals surface area (Å²) in [6, 6.07) is 5.73. The van der Waals surface area contributed by atoms with Crippen molar-refractivity contribution in [3.05, 3.63) is 41.2 Å². The Morgan fingerprint density at radius 1 is 1.37 bits per heavy atom. The molecular formula is C14H17FN4. The number of nitrogens with zero attached hydrogens (tertiary/aromatic N) is 3. The Morgan fingerprint density at radius 2 is 2.16 bits per heavy atom. The van der Waals surface area contributed by atoms with E-state index in [9.17, 15) is 4.39 Å². The molecule has 1 saturated carbocycles. The fourth-order valence-electron chi connectivity index (χ4n) is 2.21. The summed E-state index contributed by atoms with van der Waals surface area (Å²) in [7, 11) is 0. The predicted octanol–water partition coefficient (Wildman–Crippen LogP) is 2.28. The first-order valence-corrected chi connectivity index (χ1v) is 6.56. The zero-order valence-electron chi connectivity index (χ0n) is 11.2. The molecule has 3 rings (SSSR count). The van der Waals surface area contributed by atoms with Crippen LogP contribution in [-0.4, -0.2) is 20.8 Å². The molecule has 1 aliphatic carbocycles. The zero-order chi connectivity index (χ0) is 13.4. The summed E-state index contributed by atoms with van der Waals surface area (Å²) >= 11 is 0. The number of para-hydroxylation sites is 1. The summed E-state index contributed by atoms with van der Waals surface area (Å²) in [6.45, 7) is 4.31. The molecular weight excluding hydrogens is 243 g/mol. The molecule has 1 aromatic heterocycles. The molecule has 1 fully saturated rings. The molecule has 0 atom stereocenters. The van der Waals surface area contributed by atoms with Crippen molar-refractivity contribution in [2.45, 2.75) is 39.3 Å². The van der Waals surface area contributed by atoms with Gasteiger partial charge in [0.1, 0.15) is 23.2 Å². The summed E-state index contributed by atoms with van der Waals surface area (Å²) in [5.74, 6) is 1.10. The van der Waals surface area contributed by atoms with E-state index in [-0.39, 0.29) is 5.82 Å². The predicted molar refractivity (Wildman–Crippen MR) is 70.7 cm³/mol. The topological polar surface area (TPSA) is 42.7 Å². The lowest BCUT2D eigenvalue weighted by Gasteiger charge is -2.12. The van der Waals surface area contributed by atoms with Gasteiger partial charge in [0.15, 0.2) is 0 Å². The summed E-state index contributed by atoms with van der Waals surface area (Å²) < 4.78 is 15.7. The van der Waals surface area contributed by atoms with Crippen LogP contribution in [0.25, 0.3) is 5.69 Å². The Labute approximate surface area is 111 Å². The molecule has 0 spiro atoms. The molecule has 19 heavy (non-hydrogen) atoms. The minimum atomic E-state index is -0.261. The Bertz CT molecular complexity index is 601. The second-order valence-corrected chi connectivity index (χ2v) is 5.02. The third-order valence-electron chi connectivity index (χ3n) is 3.32. The van der Waals surface area contributed by atoms with Crippen molar-refractivity contribution < 1.29 is 4.39 Å². The van der Waals surface area contributed by atoms with Gasteiger partial charge in [-0.15, -0.1) is 0 Å². The normalized spacial score (nSPS) is 14.9. The number of aromatic nitrogens is 3. The van der Waals surface area contributed by atoms with Crippen LogP contribution in [-0.2, 0) is 6.54 Å². The van der Waals surface area contributed by atoms with E-state index >= 15 is 0 Å². The van der Waals surface area contributed by atoms with Gasteiger partial charge in [-0.25, -0.2) is 14.1 Å². The Kier molecular flexibility index (Phi) is 3.06. The van der Waals surface area contributed by atoms with E-state index in [0.717, 1.165) is 5.56 Å². The maximum absolute atomic E-state index is 14.1. The number of hydrogen-bond donors (Lipinski definition) is 1. The number of nitrogens with one attached hydrogen (secondary N) is 1. The van der Waals surface area contributed by atoms with Crippen molar-refractivity contribution in [3.8, 4) is 5.69 Å². The number of halogens is 1. The highest BCUT2D eigenvalue weighted by molar-refractivity contribution is 5.42. The third-order valence-corrected chi connectivity index (χ3v) is 3.32. The van der Waals surface area contributed by atoms with E-state index in [2.05, 4.69) is 15.4 Å². The summed E-state index contributed by atoms with van der Waals surface area (Å²) in [4.78, 5) is 4.24. The minimum Gasteiger partial charge on any atom is -0.310 e. The van der Waals surface area contributed by atoms with Crippen molar-refractivity contribution in [1.82, 2.24) is 20.1 Å². The van der Waals surface area contributed by atoms with Gasteiger partial charge in [0.25, 0.3) is 0 Å². The quantitative estimate of drug-likeness (QED) is 0.917. The fourth-order valence-corrected chi connectivity index (χ4v) is 2.21. The van der Waals surface area contributed by atoms with Gasteiger partial charge in [0, 0.05) is 12.6 Å². The second-order valence-electron chi connectivity index (χ2n) is 5.02. The SMILES string of the molecule is Cc1nc(C)n(-c2c(F)cccc2CNC2CC2)n1. The number of rotatable bonds is 4. The minimum absolute atomic E-state index is 0.261. The molecule has 1 N–H and O–H groups in total. The van der Waals surface area contributed by atoms with E-state index in [1.54, 1.807) is 10.7 Å². The first kappa shape index (κ1) is 12.3. The third kappa shape index (κ3) is 2.51. The first-order chi connectivity index (χ1) is 9.15.